The molecule has 0 radical (unpaired) electrons. The van der Waals surface area contributed by atoms with Gasteiger partial charge in [-0.2, -0.15) is 11.8 Å². The molecule has 1 N–H and O–H groups in total. The molecule has 2 heteroatoms. The lowest BCUT2D eigenvalue weighted by atomic mass is 9.95. The van der Waals surface area contributed by atoms with Crippen LogP contribution < -0.4 is 5.32 Å². The van der Waals surface area contributed by atoms with E-state index < -0.39 is 0 Å². The van der Waals surface area contributed by atoms with Gasteiger partial charge < -0.3 is 5.32 Å². The first-order chi connectivity index (χ1) is 6.36. The Hall–Kier alpha value is -0.130. The van der Waals surface area contributed by atoms with Crippen molar-refractivity contribution in [2.24, 2.45) is 0 Å². The lowest BCUT2D eigenvalue weighted by Crippen LogP contribution is -2.34. The van der Waals surface area contributed by atoms with E-state index in [4.69, 9.17) is 6.42 Å². The molecule has 0 bridgehead atoms. The number of hydrogen-bond acceptors (Lipinski definition) is 2. The molecule has 74 valence electrons. The Morgan fingerprint density at radius 2 is 2.08 bits per heavy atom. The molecule has 0 unspecified atom stereocenters. The minimum Gasteiger partial charge on any atom is -0.313 e. The van der Waals surface area contributed by atoms with Gasteiger partial charge in [0.05, 0.1) is 0 Å². The first-order valence-corrected chi connectivity index (χ1v) is 6.35. The molecule has 1 saturated carbocycles. The van der Waals surface area contributed by atoms with Gasteiger partial charge in [-0.25, -0.2) is 0 Å². The fourth-order valence-corrected chi connectivity index (χ4v) is 2.59. The third-order valence-electron chi connectivity index (χ3n) is 2.71. The molecule has 0 aromatic heterocycles. The van der Waals surface area contributed by atoms with Gasteiger partial charge in [0.25, 0.3) is 0 Å². The molecule has 1 nitrogen and oxygen atoms in total. The summed E-state index contributed by atoms with van der Waals surface area (Å²) in [5.41, 5.74) is 0. The van der Waals surface area contributed by atoms with Crippen LogP contribution in [0.2, 0.25) is 0 Å². The van der Waals surface area contributed by atoms with E-state index in [1.54, 1.807) is 0 Å². The molecule has 0 saturated heterocycles. The number of thioether (sulfide) groups is 1. The molecule has 0 aliphatic heterocycles. The zero-order chi connectivity index (χ0) is 9.52. The van der Waals surface area contributed by atoms with E-state index in [1.807, 2.05) is 11.8 Å². The Bertz CT molecular complexity index is 165. The van der Waals surface area contributed by atoms with E-state index in [9.17, 15) is 0 Å². The van der Waals surface area contributed by atoms with E-state index in [0.717, 1.165) is 24.3 Å². The molecule has 0 amide bonds. The monoisotopic (exact) mass is 197 g/mol. The topological polar surface area (TPSA) is 12.0 Å². The van der Waals surface area contributed by atoms with Gasteiger partial charge >= 0.3 is 0 Å². The molecule has 1 aliphatic rings. The summed E-state index contributed by atoms with van der Waals surface area (Å²) >= 11 is 2.02. The molecule has 0 spiro atoms. The van der Waals surface area contributed by atoms with E-state index in [0.29, 0.717) is 0 Å². The first kappa shape index (κ1) is 10.9. The normalized spacial score (nSPS) is 28.3. The van der Waals surface area contributed by atoms with Crippen LogP contribution in [-0.4, -0.2) is 24.1 Å². The van der Waals surface area contributed by atoms with E-state index in [1.165, 1.54) is 25.7 Å². The summed E-state index contributed by atoms with van der Waals surface area (Å²) in [6.07, 6.45) is 13.7. The Labute approximate surface area is 86.1 Å². The van der Waals surface area contributed by atoms with Gasteiger partial charge in [-0.05, 0) is 31.9 Å². The van der Waals surface area contributed by atoms with Crippen LogP contribution in [0.5, 0.6) is 0 Å². The smallest absolute Gasteiger partial charge is 0.0211 e. The molecular weight excluding hydrogens is 178 g/mol. The summed E-state index contributed by atoms with van der Waals surface area (Å²) in [4.78, 5) is 0. The fraction of sp³-hybridized carbons (Fsp3) is 0.818. The van der Waals surface area contributed by atoms with Crippen LogP contribution in [0.4, 0.5) is 0 Å². The molecular formula is C11H19NS. The predicted octanol–water partition coefficient (Wildman–Crippen LogP) is 2.27. The van der Waals surface area contributed by atoms with Crippen molar-refractivity contribution in [3.63, 3.8) is 0 Å². The van der Waals surface area contributed by atoms with Crippen molar-refractivity contribution in [3.05, 3.63) is 0 Å². The summed E-state index contributed by atoms with van der Waals surface area (Å²) in [5.74, 6) is 2.66. The molecule has 0 atom stereocenters. The highest BCUT2D eigenvalue weighted by molar-refractivity contribution is 7.99. The quantitative estimate of drug-likeness (QED) is 0.548. The van der Waals surface area contributed by atoms with Crippen LogP contribution in [0.1, 0.15) is 32.1 Å². The van der Waals surface area contributed by atoms with Crippen LogP contribution in [0.25, 0.3) is 0 Å². The van der Waals surface area contributed by atoms with Crippen LogP contribution in [0.15, 0.2) is 0 Å². The SMILES string of the molecule is C#CCCNC1CCC(SC)CC1. The third kappa shape index (κ3) is 4.06. The van der Waals surface area contributed by atoms with Gasteiger partial charge in [0.2, 0.25) is 0 Å². The molecule has 13 heavy (non-hydrogen) atoms. The first-order valence-electron chi connectivity index (χ1n) is 5.06. The van der Waals surface area contributed by atoms with Crippen molar-refractivity contribution in [2.75, 3.05) is 12.8 Å². The Morgan fingerprint density at radius 3 is 2.62 bits per heavy atom. The maximum absolute atomic E-state index is 5.19. The molecule has 1 rings (SSSR count). The lowest BCUT2D eigenvalue weighted by Gasteiger charge is -2.27. The van der Waals surface area contributed by atoms with Crippen LogP contribution >= 0.6 is 11.8 Å². The van der Waals surface area contributed by atoms with E-state index >= 15 is 0 Å². The number of hydrogen-bond donors (Lipinski definition) is 1. The number of terminal acetylenes is 1. The number of nitrogens with one attached hydrogen (secondary N) is 1. The third-order valence-corrected chi connectivity index (χ3v) is 3.85. The van der Waals surface area contributed by atoms with Gasteiger partial charge in [0.1, 0.15) is 0 Å². The van der Waals surface area contributed by atoms with Crippen molar-refractivity contribution in [3.8, 4) is 12.3 Å². The van der Waals surface area contributed by atoms with Crippen molar-refractivity contribution < 1.29 is 0 Å². The zero-order valence-electron chi connectivity index (χ0n) is 8.38. The van der Waals surface area contributed by atoms with Crippen LogP contribution in [0, 0.1) is 12.3 Å². The molecule has 0 heterocycles. The van der Waals surface area contributed by atoms with Crippen molar-refractivity contribution in [1.29, 1.82) is 0 Å². The Morgan fingerprint density at radius 1 is 1.38 bits per heavy atom. The van der Waals surface area contributed by atoms with Gasteiger partial charge in [0, 0.05) is 24.3 Å². The van der Waals surface area contributed by atoms with Gasteiger partial charge in [-0.15, -0.1) is 12.3 Å². The zero-order valence-corrected chi connectivity index (χ0v) is 9.20. The highest BCUT2D eigenvalue weighted by Gasteiger charge is 2.19. The molecule has 1 aliphatic carbocycles. The van der Waals surface area contributed by atoms with Crippen molar-refractivity contribution >= 4 is 11.8 Å². The van der Waals surface area contributed by atoms with Crippen LogP contribution in [0.3, 0.4) is 0 Å². The maximum Gasteiger partial charge on any atom is 0.0211 e. The minimum atomic E-state index is 0.733. The highest BCUT2D eigenvalue weighted by atomic mass is 32.2. The summed E-state index contributed by atoms with van der Waals surface area (Å²) in [5, 5.41) is 4.42. The molecule has 0 aromatic carbocycles. The number of rotatable bonds is 4. The molecule has 1 fully saturated rings. The predicted molar refractivity (Wildman–Crippen MR) is 61.0 cm³/mol. The standard InChI is InChI=1S/C11H19NS/c1-3-4-9-12-10-5-7-11(13-2)8-6-10/h1,10-12H,4-9H2,2H3. The summed E-state index contributed by atoms with van der Waals surface area (Å²) in [6, 6.07) is 0.733. The average molecular weight is 197 g/mol. The summed E-state index contributed by atoms with van der Waals surface area (Å²) < 4.78 is 0. The van der Waals surface area contributed by atoms with E-state index in [-0.39, 0.29) is 0 Å². The minimum absolute atomic E-state index is 0.733. The average Bonchev–Trinajstić information content (AvgIpc) is 2.19. The summed E-state index contributed by atoms with van der Waals surface area (Å²) in [7, 11) is 0. The van der Waals surface area contributed by atoms with Crippen LogP contribution in [-0.2, 0) is 0 Å². The Kier molecular flexibility index (Phi) is 5.34. The largest absolute Gasteiger partial charge is 0.313 e. The van der Waals surface area contributed by atoms with E-state index in [2.05, 4.69) is 17.5 Å². The van der Waals surface area contributed by atoms with Gasteiger partial charge in [0.15, 0.2) is 0 Å². The second-order valence-corrected chi connectivity index (χ2v) is 4.76. The Balaban J connectivity index is 2.07. The van der Waals surface area contributed by atoms with Crippen molar-refractivity contribution in [2.45, 2.75) is 43.4 Å². The highest BCUT2D eigenvalue weighted by Crippen LogP contribution is 2.26. The second-order valence-electron chi connectivity index (χ2n) is 3.62. The van der Waals surface area contributed by atoms with Gasteiger partial charge in [-0.3, -0.25) is 0 Å². The summed E-state index contributed by atoms with van der Waals surface area (Å²) in [6.45, 7) is 0.991. The second kappa shape index (κ2) is 6.34. The molecule has 0 aromatic rings. The van der Waals surface area contributed by atoms with Gasteiger partial charge in [-0.1, -0.05) is 0 Å². The van der Waals surface area contributed by atoms with Crippen molar-refractivity contribution in [1.82, 2.24) is 5.32 Å². The lowest BCUT2D eigenvalue weighted by molar-refractivity contribution is 0.384. The maximum atomic E-state index is 5.19. The fourth-order valence-electron chi connectivity index (χ4n) is 1.85.